The molecule has 2 heteroatoms. The van der Waals surface area contributed by atoms with E-state index in [0.29, 0.717) is 0 Å². The molecule has 0 amide bonds. The molecule has 0 N–H and O–H groups in total. The van der Waals surface area contributed by atoms with Crippen molar-refractivity contribution < 1.29 is 0 Å². The van der Waals surface area contributed by atoms with Crippen molar-refractivity contribution in [3.63, 3.8) is 0 Å². The Labute approximate surface area is 60.5 Å². The second-order valence-corrected chi connectivity index (χ2v) is 1.92. The summed E-state index contributed by atoms with van der Waals surface area (Å²) in [6, 6.07) is 3.92. The quantitative estimate of drug-likeness (QED) is 0.550. The van der Waals surface area contributed by atoms with E-state index in [2.05, 4.69) is 11.8 Å². The maximum atomic E-state index is 3.76. The summed E-state index contributed by atoms with van der Waals surface area (Å²) in [6.07, 6.45) is 5.81. The van der Waals surface area contributed by atoms with Crippen LogP contribution in [0.25, 0.3) is 6.08 Å². The van der Waals surface area contributed by atoms with E-state index in [1.54, 1.807) is 4.68 Å². The van der Waals surface area contributed by atoms with Gasteiger partial charge < -0.3 is 0 Å². The van der Waals surface area contributed by atoms with Crippen molar-refractivity contribution in [1.29, 1.82) is 0 Å². The van der Waals surface area contributed by atoms with Gasteiger partial charge in [0.2, 0.25) is 0 Å². The number of hydrogen-bond donors (Lipinski definition) is 0. The average molecular weight is 134 g/mol. The van der Waals surface area contributed by atoms with Gasteiger partial charge in [0, 0.05) is 12.9 Å². The van der Waals surface area contributed by atoms with Crippen molar-refractivity contribution in [2.24, 2.45) is 5.10 Å². The Morgan fingerprint density at radius 1 is 1.70 bits per heavy atom. The molecule has 0 atom stereocenters. The van der Waals surface area contributed by atoms with E-state index in [1.165, 1.54) is 0 Å². The summed E-state index contributed by atoms with van der Waals surface area (Å²) in [5.41, 5.74) is 1.05. The first-order valence-electron chi connectivity index (χ1n) is 3.15. The summed E-state index contributed by atoms with van der Waals surface area (Å²) in [5, 5.41) is 3.76. The van der Waals surface area contributed by atoms with Gasteiger partial charge in [-0.15, -0.1) is 0 Å². The molecular formula is C8H10N2. The minimum atomic E-state index is 1.05. The van der Waals surface area contributed by atoms with Crippen LogP contribution in [0.1, 0.15) is 12.6 Å². The van der Waals surface area contributed by atoms with Crippen molar-refractivity contribution in [3.05, 3.63) is 30.1 Å². The van der Waals surface area contributed by atoms with E-state index in [0.717, 1.165) is 5.69 Å². The summed E-state index contributed by atoms with van der Waals surface area (Å²) in [4.78, 5) is 0. The number of allylic oxidation sites excluding steroid dienone is 1. The monoisotopic (exact) mass is 134 g/mol. The minimum absolute atomic E-state index is 1.05. The Bertz CT molecular complexity index is 246. The van der Waals surface area contributed by atoms with Crippen molar-refractivity contribution in [3.8, 4) is 0 Å². The Morgan fingerprint density at radius 3 is 3.10 bits per heavy atom. The molecule has 0 fully saturated rings. The third-order valence-corrected chi connectivity index (χ3v) is 1.25. The lowest BCUT2D eigenvalue weighted by molar-refractivity contribution is 0.887. The highest BCUT2D eigenvalue weighted by atomic mass is 15.3. The first-order chi connectivity index (χ1) is 4.88. The van der Waals surface area contributed by atoms with E-state index in [9.17, 15) is 0 Å². The summed E-state index contributed by atoms with van der Waals surface area (Å²) >= 11 is 0. The van der Waals surface area contributed by atoms with Crippen LogP contribution in [-0.2, 0) is 0 Å². The van der Waals surface area contributed by atoms with Gasteiger partial charge in [0.15, 0.2) is 0 Å². The predicted molar refractivity (Wildman–Crippen MR) is 44.1 cm³/mol. The van der Waals surface area contributed by atoms with Gasteiger partial charge in [-0.3, -0.25) is 0 Å². The van der Waals surface area contributed by atoms with E-state index in [-0.39, 0.29) is 0 Å². The highest BCUT2D eigenvalue weighted by Crippen LogP contribution is 2.02. The van der Waals surface area contributed by atoms with Gasteiger partial charge in [-0.1, -0.05) is 6.08 Å². The minimum Gasteiger partial charge on any atom is -0.242 e. The Kier molecular flexibility index (Phi) is 2.05. The normalized spacial score (nSPS) is 10.5. The molecule has 0 aliphatic rings. The summed E-state index contributed by atoms with van der Waals surface area (Å²) in [5.74, 6) is 0. The highest BCUT2D eigenvalue weighted by Gasteiger charge is 1.90. The van der Waals surface area contributed by atoms with Crippen LogP contribution in [-0.4, -0.2) is 11.4 Å². The molecule has 2 nitrogen and oxygen atoms in total. The Hall–Kier alpha value is -1.31. The molecule has 0 spiro atoms. The van der Waals surface area contributed by atoms with Crippen LogP contribution in [0.2, 0.25) is 0 Å². The first-order valence-corrected chi connectivity index (χ1v) is 3.15. The number of hydrogen-bond acceptors (Lipinski definition) is 1. The van der Waals surface area contributed by atoms with Crippen LogP contribution in [0.15, 0.2) is 29.5 Å². The lowest BCUT2D eigenvalue weighted by Crippen LogP contribution is -1.85. The van der Waals surface area contributed by atoms with Gasteiger partial charge in [0.1, 0.15) is 0 Å². The maximum absolute atomic E-state index is 3.76. The molecular weight excluding hydrogens is 124 g/mol. The van der Waals surface area contributed by atoms with Gasteiger partial charge in [-0.25, -0.2) is 4.68 Å². The van der Waals surface area contributed by atoms with Crippen molar-refractivity contribution in [2.75, 3.05) is 0 Å². The lowest BCUT2D eigenvalue weighted by Gasteiger charge is -1.93. The summed E-state index contributed by atoms with van der Waals surface area (Å²) < 4.78 is 1.72. The fourth-order valence-electron chi connectivity index (χ4n) is 0.817. The molecule has 0 bridgehead atoms. The van der Waals surface area contributed by atoms with Crippen molar-refractivity contribution >= 4 is 12.8 Å². The molecule has 10 heavy (non-hydrogen) atoms. The standard InChI is InChI=1S/C8H10N2/c1-3-5-8-6-4-7-10(8)9-2/h3-7H,2H2,1H3/b5-3-. The van der Waals surface area contributed by atoms with Gasteiger partial charge in [0.05, 0.1) is 5.69 Å². The third-order valence-electron chi connectivity index (χ3n) is 1.25. The summed E-state index contributed by atoms with van der Waals surface area (Å²) in [7, 11) is 0. The number of nitrogens with zero attached hydrogens (tertiary/aromatic N) is 2. The van der Waals surface area contributed by atoms with E-state index >= 15 is 0 Å². The molecule has 0 aliphatic heterocycles. The largest absolute Gasteiger partial charge is 0.242 e. The topological polar surface area (TPSA) is 17.3 Å². The molecule has 0 radical (unpaired) electrons. The Balaban J connectivity index is 3.00. The number of aromatic nitrogens is 1. The number of rotatable bonds is 2. The van der Waals surface area contributed by atoms with Crippen molar-refractivity contribution in [1.82, 2.24) is 4.68 Å². The fourth-order valence-corrected chi connectivity index (χ4v) is 0.817. The van der Waals surface area contributed by atoms with E-state index in [1.807, 2.05) is 37.4 Å². The predicted octanol–water partition coefficient (Wildman–Crippen LogP) is 1.98. The Morgan fingerprint density at radius 2 is 2.50 bits per heavy atom. The van der Waals surface area contributed by atoms with Gasteiger partial charge in [-0.2, -0.15) is 5.10 Å². The van der Waals surface area contributed by atoms with Crippen LogP contribution >= 0.6 is 0 Å². The average Bonchev–Trinajstić information content (AvgIpc) is 2.36. The molecule has 0 saturated heterocycles. The van der Waals surface area contributed by atoms with Crippen LogP contribution in [0.3, 0.4) is 0 Å². The fraction of sp³-hybridized carbons (Fsp3) is 0.125. The molecule has 0 aromatic carbocycles. The van der Waals surface area contributed by atoms with Gasteiger partial charge >= 0.3 is 0 Å². The van der Waals surface area contributed by atoms with Crippen molar-refractivity contribution in [2.45, 2.75) is 6.92 Å². The first kappa shape index (κ1) is 6.81. The second kappa shape index (κ2) is 3.01. The molecule has 1 aromatic rings. The zero-order chi connectivity index (χ0) is 7.40. The van der Waals surface area contributed by atoms with E-state index in [4.69, 9.17) is 0 Å². The molecule has 1 heterocycles. The molecule has 0 saturated carbocycles. The maximum Gasteiger partial charge on any atom is 0.0642 e. The molecule has 1 aromatic heterocycles. The molecule has 52 valence electrons. The van der Waals surface area contributed by atoms with Crippen LogP contribution < -0.4 is 0 Å². The zero-order valence-corrected chi connectivity index (χ0v) is 5.99. The van der Waals surface area contributed by atoms with Gasteiger partial charge in [-0.05, 0) is 25.1 Å². The lowest BCUT2D eigenvalue weighted by atomic mass is 10.4. The smallest absolute Gasteiger partial charge is 0.0642 e. The highest BCUT2D eigenvalue weighted by molar-refractivity contribution is 5.45. The second-order valence-electron chi connectivity index (χ2n) is 1.92. The van der Waals surface area contributed by atoms with Crippen LogP contribution in [0, 0.1) is 0 Å². The molecule has 0 unspecified atom stereocenters. The SMILES string of the molecule is C=Nn1cccc1/C=C\C. The molecule has 0 aliphatic carbocycles. The van der Waals surface area contributed by atoms with Crippen LogP contribution in [0.5, 0.6) is 0 Å². The summed E-state index contributed by atoms with van der Waals surface area (Å²) in [6.45, 7) is 5.40. The zero-order valence-electron chi connectivity index (χ0n) is 5.99. The third kappa shape index (κ3) is 1.16. The van der Waals surface area contributed by atoms with E-state index < -0.39 is 0 Å². The van der Waals surface area contributed by atoms with Gasteiger partial charge in [0.25, 0.3) is 0 Å². The molecule has 1 rings (SSSR count). The van der Waals surface area contributed by atoms with Crippen LogP contribution in [0.4, 0.5) is 0 Å².